The molecule has 2 aliphatic heterocycles. The molecule has 5 rings (SSSR count). The van der Waals surface area contributed by atoms with Crippen molar-refractivity contribution in [2.45, 2.75) is 30.0 Å². The first-order valence-corrected chi connectivity index (χ1v) is 10.7. The van der Waals surface area contributed by atoms with Crippen molar-refractivity contribution in [2.75, 3.05) is 19.5 Å². The van der Waals surface area contributed by atoms with Crippen LogP contribution in [-0.4, -0.2) is 51.7 Å². The molecule has 0 saturated carbocycles. The number of ether oxygens (including phenoxy) is 2. The third-order valence-electron chi connectivity index (χ3n) is 5.78. The summed E-state index contributed by atoms with van der Waals surface area (Å²) in [5.41, 5.74) is 2.88. The van der Waals surface area contributed by atoms with Crippen molar-refractivity contribution in [3.63, 3.8) is 0 Å². The van der Waals surface area contributed by atoms with Crippen molar-refractivity contribution in [1.82, 2.24) is 14.9 Å². The normalized spacial score (nSPS) is 21.2. The summed E-state index contributed by atoms with van der Waals surface area (Å²) >= 11 is 1.59. The van der Waals surface area contributed by atoms with Gasteiger partial charge >= 0.3 is 0 Å². The smallest absolute Gasteiger partial charge is 0.260 e. The van der Waals surface area contributed by atoms with E-state index in [0.717, 1.165) is 16.6 Å². The molecule has 31 heavy (non-hydrogen) atoms. The van der Waals surface area contributed by atoms with Gasteiger partial charge in [-0.05, 0) is 32.0 Å². The fourth-order valence-corrected chi connectivity index (χ4v) is 6.03. The number of anilines is 1. The monoisotopic (exact) mass is 438 g/mol. The largest absolute Gasteiger partial charge is 0.493 e. The molecule has 1 aromatic heterocycles. The summed E-state index contributed by atoms with van der Waals surface area (Å²) in [5.74, 6) is 0.723. The van der Waals surface area contributed by atoms with E-state index in [1.54, 1.807) is 22.7 Å². The van der Waals surface area contributed by atoms with Crippen LogP contribution in [0.3, 0.4) is 0 Å². The van der Waals surface area contributed by atoms with Gasteiger partial charge in [0.1, 0.15) is 11.4 Å². The number of imidazole rings is 1. The minimum Gasteiger partial charge on any atom is -0.493 e. The molecule has 2 aliphatic rings. The number of carbonyl (C=O) groups is 2. The molecule has 2 amide bonds. The first-order valence-electron chi connectivity index (χ1n) is 9.86. The lowest BCUT2D eigenvalue weighted by Crippen LogP contribution is -2.50. The molecular weight excluding hydrogens is 416 g/mol. The first kappa shape index (κ1) is 19.7. The second-order valence-electron chi connectivity index (χ2n) is 8.05. The Bertz CT molecular complexity index is 1190. The number of rotatable bonds is 4. The van der Waals surface area contributed by atoms with Gasteiger partial charge in [-0.2, -0.15) is 0 Å². The second kappa shape index (κ2) is 6.91. The predicted molar refractivity (Wildman–Crippen MR) is 119 cm³/mol. The molecule has 9 heteroatoms. The molecule has 160 valence electrons. The molecule has 1 fully saturated rings. The van der Waals surface area contributed by atoms with Gasteiger partial charge in [0.05, 0.1) is 30.8 Å². The van der Waals surface area contributed by atoms with Crippen molar-refractivity contribution in [1.29, 1.82) is 0 Å². The Labute approximate surface area is 183 Å². The van der Waals surface area contributed by atoms with Gasteiger partial charge in [0, 0.05) is 10.3 Å². The van der Waals surface area contributed by atoms with Gasteiger partial charge in [-0.3, -0.25) is 14.9 Å². The predicted octanol–water partition coefficient (Wildman–Crippen LogP) is 3.57. The molecule has 0 radical (unpaired) electrons. The highest BCUT2D eigenvalue weighted by atomic mass is 32.2. The maximum atomic E-state index is 13.5. The molecular formula is C22H22N4O4S. The van der Waals surface area contributed by atoms with E-state index in [1.807, 2.05) is 44.2 Å². The molecule has 2 aromatic carbocycles. The maximum absolute atomic E-state index is 13.5. The third-order valence-corrected chi connectivity index (χ3v) is 7.31. The molecule has 3 aromatic rings. The van der Waals surface area contributed by atoms with E-state index in [1.165, 1.54) is 14.2 Å². The topological polar surface area (TPSA) is 96.6 Å². The van der Waals surface area contributed by atoms with Gasteiger partial charge in [0.15, 0.2) is 11.5 Å². The van der Waals surface area contributed by atoms with Crippen LogP contribution in [0.15, 0.2) is 36.4 Å². The summed E-state index contributed by atoms with van der Waals surface area (Å²) in [4.78, 5) is 36.1. The van der Waals surface area contributed by atoms with E-state index >= 15 is 0 Å². The Hall–Kier alpha value is -3.20. The van der Waals surface area contributed by atoms with Crippen LogP contribution in [0.4, 0.5) is 5.95 Å². The van der Waals surface area contributed by atoms with Crippen LogP contribution in [0.25, 0.3) is 11.0 Å². The molecule has 0 aliphatic carbocycles. The first-order chi connectivity index (χ1) is 14.9. The van der Waals surface area contributed by atoms with Crippen molar-refractivity contribution < 1.29 is 19.1 Å². The molecule has 8 nitrogen and oxygen atoms in total. The quantitative estimate of drug-likeness (QED) is 0.647. The number of benzene rings is 2. The number of nitrogens with one attached hydrogen (secondary N) is 2. The van der Waals surface area contributed by atoms with Crippen LogP contribution in [0, 0.1) is 0 Å². The van der Waals surface area contributed by atoms with Crippen LogP contribution >= 0.6 is 11.8 Å². The summed E-state index contributed by atoms with van der Waals surface area (Å²) in [6.45, 7) is 3.96. The lowest BCUT2D eigenvalue weighted by molar-refractivity contribution is -0.121. The molecule has 0 spiro atoms. The summed E-state index contributed by atoms with van der Waals surface area (Å²) in [7, 11) is 3.05. The van der Waals surface area contributed by atoms with Crippen LogP contribution in [-0.2, 0) is 4.79 Å². The SMILES string of the molecule is COc1ccc2c(c1OC)C(=O)N1C2SC(C)(C)C1C(=O)Nc1nc2ccccc2[nH]1. The number of H-pyrrole nitrogens is 1. The number of hydrogen-bond donors (Lipinski definition) is 2. The van der Waals surface area contributed by atoms with Gasteiger partial charge in [-0.25, -0.2) is 4.98 Å². The van der Waals surface area contributed by atoms with E-state index in [2.05, 4.69) is 15.3 Å². The molecule has 2 atom stereocenters. The van der Waals surface area contributed by atoms with E-state index in [4.69, 9.17) is 9.47 Å². The fraction of sp³-hybridized carbons (Fsp3) is 0.318. The van der Waals surface area contributed by atoms with Crippen molar-refractivity contribution >= 4 is 40.6 Å². The number of aromatic nitrogens is 2. The summed E-state index contributed by atoms with van der Waals surface area (Å²) < 4.78 is 10.4. The second-order valence-corrected chi connectivity index (χ2v) is 9.78. The van der Waals surface area contributed by atoms with E-state index < -0.39 is 10.8 Å². The summed E-state index contributed by atoms with van der Waals surface area (Å²) in [5, 5.41) is 2.60. The van der Waals surface area contributed by atoms with E-state index in [0.29, 0.717) is 23.0 Å². The zero-order chi connectivity index (χ0) is 21.9. The Kier molecular flexibility index (Phi) is 4.40. The number of fused-ring (bicyclic) bond motifs is 4. The highest BCUT2D eigenvalue weighted by Crippen LogP contribution is 2.58. The maximum Gasteiger partial charge on any atom is 0.260 e. The minimum atomic E-state index is -0.689. The van der Waals surface area contributed by atoms with Crippen molar-refractivity contribution in [2.24, 2.45) is 0 Å². The van der Waals surface area contributed by atoms with E-state index in [9.17, 15) is 9.59 Å². The Morgan fingerprint density at radius 1 is 1.19 bits per heavy atom. The lowest BCUT2D eigenvalue weighted by atomic mass is 10.0. The Balaban J connectivity index is 1.51. The number of para-hydroxylation sites is 2. The fourth-order valence-electron chi connectivity index (χ4n) is 4.45. The summed E-state index contributed by atoms with van der Waals surface area (Å²) in [6, 6.07) is 10.5. The van der Waals surface area contributed by atoms with Gasteiger partial charge in [0.2, 0.25) is 5.95 Å². The summed E-state index contributed by atoms with van der Waals surface area (Å²) in [6.07, 6.45) is 0. The average molecular weight is 439 g/mol. The number of amides is 2. The Morgan fingerprint density at radius 2 is 1.97 bits per heavy atom. The standard InChI is InChI=1S/C22H22N4O4S/c1-22(2)17(18(27)25-21-23-12-7-5-6-8-13(12)24-21)26-19(28)15-11(20(26)31-22)9-10-14(29-3)16(15)30-4/h5-10,17,20H,1-4H3,(H2,23,24,25,27). The zero-order valence-electron chi connectivity index (χ0n) is 17.6. The van der Waals surface area contributed by atoms with Gasteiger partial charge in [0.25, 0.3) is 11.8 Å². The van der Waals surface area contributed by atoms with Gasteiger partial charge < -0.3 is 19.4 Å². The molecule has 3 heterocycles. The highest BCUT2D eigenvalue weighted by molar-refractivity contribution is 8.01. The zero-order valence-corrected chi connectivity index (χ0v) is 18.4. The van der Waals surface area contributed by atoms with Gasteiger partial charge in [-0.1, -0.05) is 18.2 Å². The average Bonchev–Trinajstić information content (AvgIpc) is 3.36. The minimum absolute atomic E-state index is 0.237. The highest BCUT2D eigenvalue weighted by Gasteiger charge is 2.58. The number of aromatic amines is 1. The number of hydrogen-bond acceptors (Lipinski definition) is 6. The number of nitrogens with zero attached hydrogens (tertiary/aromatic N) is 2. The molecule has 2 N–H and O–H groups in total. The number of methoxy groups -OCH3 is 2. The molecule has 1 saturated heterocycles. The van der Waals surface area contributed by atoms with Crippen molar-refractivity contribution in [3.05, 3.63) is 47.5 Å². The third kappa shape index (κ3) is 2.87. The molecule has 2 unspecified atom stereocenters. The van der Waals surface area contributed by atoms with Gasteiger partial charge in [-0.15, -0.1) is 11.8 Å². The number of carbonyl (C=O) groups excluding carboxylic acids is 2. The van der Waals surface area contributed by atoms with Crippen LogP contribution in [0.1, 0.15) is 35.1 Å². The van der Waals surface area contributed by atoms with Crippen LogP contribution < -0.4 is 14.8 Å². The van der Waals surface area contributed by atoms with Crippen molar-refractivity contribution in [3.8, 4) is 11.5 Å². The van der Waals surface area contributed by atoms with Crippen LogP contribution in [0.2, 0.25) is 0 Å². The molecule has 0 bridgehead atoms. The number of thioether (sulfide) groups is 1. The van der Waals surface area contributed by atoms with Crippen LogP contribution in [0.5, 0.6) is 11.5 Å². The van der Waals surface area contributed by atoms with E-state index in [-0.39, 0.29) is 17.2 Å². The lowest BCUT2D eigenvalue weighted by Gasteiger charge is -2.29. The Morgan fingerprint density at radius 3 is 2.68 bits per heavy atom.